The first-order chi connectivity index (χ1) is 13.1. The minimum atomic E-state index is -0.547. The molecular weight excluding hydrogens is 340 g/mol. The minimum absolute atomic E-state index is 0.00944. The second kappa shape index (κ2) is 8.82. The van der Waals surface area contributed by atoms with Crippen LogP contribution in [0, 0.1) is 0 Å². The molecule has 0 radical (unpaired) electrons. The van der Waals surface area contributed by atoms with Crippen molar-refractivity contribution in [3.8, 4) is 5.75 Å². The summed E-state index contributed by atoms with van der Waals surface area (Å²) < 4.78 is 5.81. The molecule has 1 aliphatic rings. The Morgan fingerprint density at radius 3 is 2.11 bits per heavy atom. The molecule has 0 aliphatic carbocycles. The first-order valence-corrected chi connectivity index (χ1v) is 9.46. The molecule has 0 aromatic heterocycles. The van der Waals surface area contributed by atoms with Crippen LogP contribution in [0.3, 0.4) is 0 Å². The normalized spacial score (nSPS) is 16.0. The van der Waals surface area contributed by atoms with E-state index in [1.54, 1.807) is 43.3 Å². The molecule has 1 saturated heterocycles. The standard InChI is InChI=1S/C22H26N2O3/c1-3-23-13-15-24(16-14-23)22(26)17(2)27-20-11-9-19(10-12-20)21(25)18-7-5-4-6-8-18/h4-12,17H,3,13-16H2,1-2H3. The van der Waals surface area contributed by atoms with Crippen molar-refractivity contribution in [1.29, 1.82) is 0 Å². The summed E-state index contributed by atoms with van der Waals surface area (Å²) in [6.45, 7) is 8.22. The molecule has 5 heteroatoms. The van der Waals surface area contributed by atoms with E-state index in [4.69, 9.17) is 4.74 Å². The Kier molecular flexibility index (Phi) is 6.24. The van der Waals surface area contributed by atoms with Gasteiger partial charge in [0.25, 0.3) is 5.91 Å². The Morgan fingerprint density at radius 1 is 0.926 bits per heavy atom. The number of hydrogen-bond acceptors (Lipinski definition) is 4. The van der Waals surface area contributed by atoms with Gasteiger partial charge in [0, 0.05) is 37.3 Å². The average Bonchev–Trinajstić information content (AvgIpc) is 2.74. The Labute approximate surface area is 160 Å². The van der Waals surface area contributed by atoms with E-state index in [1.807, 2.05) is 23.1 Å². The third-order valence-electron chi connectivity index (χ3n) is 4.94. The van der Waals surface area contributed by atoms with Gasteiger partial charge < -0.3 is 14.5 Å². The van der Waals surface area contributed by atoms with Crippen molar-refractivity contribution in [3.63, 3.8) is 0 Å². The molecule has 2 aromatic rings. The number of carbonyl (C=O) groups excluding carboxylic acids is 2. The fourth-order valence-electron chi connectivity index (χ4n) is 3.24. The van der Waals surface area contributed by atoms with Crippen LogP contribution in [0.25, 0.3) is 0 Å². The SMILES string of the molecule is CCN1CCN(C(=O)C(C)Oc2ccc(C(=O)c3ccccc3)cc2)CC1. The van der Waals surface area contributed by atoms with Crippen molar-refractivity contribution >= 4 is 11.7 Å². The summed E-state index contributed by atoms with van der Waals surface area (Å²) in [5.74, 6) is 0.572. The highest BCUT2D eigenvalue weighted by Gasteiger charge is 2.25. The van der Waals surface area contributed by atoms with Crippen molar-refractivity contribution in [2.75, 3.05) is 32.7 Å². The van der Waals surface area contributed by atoms with Gasteiger partial charge in [0.1, 0.15) is 5.75 Å². The van der Waals surface area contributed by atoms with Crippen molar-refractivity contribution in [2.24, 2.45) is 0 Å². The molecular formula is C22H26N2O3. The summed E-state index contributed by atoms with van der Waals surface area (Å²) in [4.78, 5) is 29.2. The van der Waals surface area contributed by atoms with Gasteiger partial charge in [0.05, 0.1) is 0 Å². The lowest BCUT2D eigenvalue weighted by molar-refractivity contribution is -0.139. The minimum Gasteiger partial charge on any atom is -0.481 e. The fraction of sp³-hybridized carbons (Fsp3) is 0.364. The van der Waals surface area contributed by atoms with Gasteiger partial charge >= 0.3 is 0 Å². The Balaban J connectivity index is 1.58. The third-order valence-corrected chi connectivity index (χ3v) is 4.94. The number of hydrogen-bond donors (Lipinski definition) is 0. The van der Waals surface area contributed by atoms with E-state index in [2.05, 4.69) is 11.8 Å². The molecule has 1 atom stereocenters. The van der Waals surface area contributed by atoms with E-state index in [-0.39, 0.29) is 11.7 Å². The third kappa shape index (κ3) is 4.74. The van der Waals surface area contributed by atoms with Gasteiger partial charge in [-0.25, -0.2) is 0 Å². The smallest absolute Gasteiger partial charge is 0.263 e. The van der Waals surface area contributed by atoms with Gasteiger partial charge in [-0.05, 0) is 37.7 Å². The Bertz CT molecular complexity index is 766. The van der Waals surface area contributed by atoms with E-state index < -0.39 is 6.10 Å². The van der Waals surface area contributed by atoms with Gasteiger partial charge in [0.15, 0.2) is 11.9 Å². The highest BCUT2D eigenvalue weighted by molar-refractivity contribution is 6.08. The molecule has 5 nitrogen and oxygen atoms in total. The summed E-state index contributed by atoms with van der Waals surface area (Å²) in [5.41, 5.74) is 1.25. The summed E-state index contributed by atoms with van der Waals surface area (Å²) >= 11 is 0. The van der Waals surface area contributed by atoms with Crippen LogP contribution >= 0.6 is 0 Å². The van der Waals surface area contributed by atoms with Crippen LogP contribution in [0.15, 0.2) is 54.6 Å². The van der Waals surface area contributed by atoms with Crippen molar-refractivity contribution in [2.45, 2.75) is 20.0 Å². The predicted molar refractivity (Wildman–Crippen MR) is 105 cm³/mol. The average molecular weight is 366 g/mol. The lowest BCUT2D eigenvalue weighted by Crippen LogP contribution is -2.51. The Hall–Kier alpha value is -2.66. The van der Waals surface area contributed by atoms with Crippen LogP contribution in [0.2, 0.25) is 0 Å². The molecule has 0 bridgehead atoms. The highest BCUT2D eigenvalue weighted by Crippen LogP contribution is 2.17. The van der Waals surface area contributed by atoms with E-state index in [0.29, 0.717) is 16.9 Å². The van der Waals surface area contributed by atoms with E-state index >= 15 is 0 Å². The molecule has 27 heavy (non-hydrogen) atoms. The van der Waals surface area contributed by atoms with Gasteiger partial charge in [0.2, 0.25) is 0 Å². The fourth-order valence-corrected chi connectivity index (χ4v) is 3.24. The molecule has 1 unspecified atom stereocenters. The number of benzene rings is 2. The highest BCUT2D eigenvalue weighted by atomic mass is 16.5. The Morgan fingerprint density at radius 2 is 1.52 bits per heavy atom. The quantitative estimate of drug-likeness (QED) is 0.738. The number of carbonyl (C=O) groups is 2. The predicted octanol–water partition coefficient (Wildman–Crippen LogP) is 2.85. The lowest BCUT2D eigenvalue weighted by Gasteiger charge is -2.35. The van der Waals surface area contributed by atoms with E-state index in [0.717, 1.165) is 32.7 Å². The molecule has 0 saturated carbocycles. The molecule has 1 amide bonds. The molecule has 2 aromatic carbocycles. The van der Waals surface area contributed by atoms with Crippen LogP contribution in [0.5, 0.6) is 5.75 Å². The zero-order valence-corrected chi connectivity index (χ0v) is 15.9. The van der Waals surface area contributed by atoms with E-state index in [1.165, 1.54) is 0 Å². The van der Waals surface area contributed by atoms with Gasteiger partial charge in [-0.3, -0.25) is 9.59 Å². The first-order valence-electron chi connectivity index (χ1n) is 9.46. The second-order valence-electron chi connectivity index (χ2n) is 6.74. The summed E-state index contributed by atoms with van der Waals surface area (Å²) in [6.07, 6.45) is -0.547. The maximum atomic E-state index is 12.6. The van der Waals surface area contributed by atoms with Gasteiger partial charge in [-0.15, -0.1) is 0 Å². The van der Waals surface area contributed by atoms with Crippen molar-refractivity contribution < 1.29 is 14.3 Å². The summed E-state index contributed by atoms with van der Waals surface area (Å²) in [5, 5.41) is 0. The largest absolute Gasteiger partial charge is 0.481 e. The summed E-state index contributed by atoms with van der Waals surface area (Å²) in [7, 11) is 0. The van der Waals surface area contributed by atoms with Crippen molar-refractivity contribution in [3.05, 3.63) is 65.7 Å². The topological polar surface area (TPSA) is 49.9 Å². The van der Waals surface area contributed by atoms with Crippen LogP contribution < -0.4 is 4.74 Å². The number of ketones is 1. The second-order valence-corrected chi connectivity index (χ2v) is 6.74. The van der Waals surface area contributed by atoms with Gasteiger partial charge in [-0.2, -0.15) is 0 Å². The summed E-state index contributed by atoms with van der Waals surface area (Å²) in [6, 6.07) is 16.1. The molecule has 0 N–H and O–H groups in total. The van der Waals surface area contributed by atoms with Crippen molar-refractivity contribution in [1.82, 2.24) is 9.80 Å². The van der Waals surface area contributed by atoms with Crippen LogP contribution in [-0.2, 0) is 4.79 Å². The zero-order chi connectivity index (χ0) is 19.2. The number of likely N-dealkylation sites (N-methyl/N-ethyl adjacent to an activating group) is 1. The molecule has 1 aliphatic heterocycles. The lowest BCUT2D eigenvalue weighted by atomic mass is 10.0. The number of amides is 1. The molecule has 0 spiro atoms. The molecule has 1 fully saturated rings. The van der Waals surface area contributed by atoms with Crippen LogP contribution in [0.4, 0.5) is 0 Å². The number of piperazine rings is 1. The number of nitrogens with zero attached hydrogens (tertiary/aromatic N) is 2. The maximum absolute atomic E-state index is 12.6. The molecule has 1 heterocycles. The molecule has 142 valence electrons. The maximum Gasteiger partial charge on any atom is 0.263 e. The van der Waals surface area contributed by atoms with Gasteiger partial charge in [-0.1, -0.05) is 37.3 Å². The zero-order valence-electron chi connectivity index (χ0n) is 15.9. The van der Waals surface area contributed by atoms with Crippen LogP contribution in [0.1, 0.15) is 29.8 Å². The van der Waals surface area contributed by atoms with E-state index in [9.17, 15) is 9.59 Å². The van der Waals surface area contributed by atoms with Crippen LogP contribution in [-0.4, -0.2) is 60.3 Å². The number of rotatable bonds is 6. The monoisotopic (exact) mass is 366 g/mol. The first kappa shape index (κ1) is 19.1. The number of ether oxygens (including phenoxy) is 1. The molecule has 3 rings (SSSR count).